The Hall–Kier alpha value is -1.03. The van der Waals surface area contributed by atoms with E-state index in [0.29, 0.717) is 78.2 Å². The average molecular weight is 364 g/mol. The second-order valence-electron chi connectivity index (χ2n) is 4.97. The Bertz CT molecular complexity index is 322. The molecule has 0 saturated carbocycles. The first-order valence-electron chi connectivity index (χ1n) is 8.38. The van der Waals surface area contributed by atoms with Crippen molar-refractivity contribution in [3.63, 3.8) is 0 Å². The predicted octanol–water partition coefficient (Wildman–Crippen LogP) is 0.835. The maximum Gasteiger partial charge on any atom is 0.333 e. The highest BCUT2D eigenvalue weighted by atomic mass is 16.6. The number of esters is 1. The van der Waals surface area contributed by atoms with Crippen LogP contribution in [0.25, 0.3) is 0 Å². The molecule has 0 aromatic rings. The SMILES string of the molecule is C=C(C)C(=O)OCCOCCOCCOCCOCCOCCOC. The summed E-state index contributed by atoms with van der Waals surface area (Å²) in [4.78, 5) is 11.1. The number of carbonyl (C=O) groups is 1. The molecule has 0 radical (unpaired) electrons. The summed E-state index contributed by atoms with van der Waals surface area (Å²) in [6, 6.07) is 0. The van der Waals surface area contributed by atoms with Crippen molar-refractivity contribution in [2.24, 2.45) is 0 Å². The summed E-state index contributed by atoms with van der Waals surface area (Å²) >= 11 is 0. The average Bonchev–Trinajstić information content (AvgIpc) is 2.60. The van der Waals surface area contributed by atoms with E-state index >= 15 is 0 Å². The number of hydrogen-bond acceptors (Lipinski definition) is 8. The van der Waals surface area contributed by atoms with Gasteiger partial charge in [-0.1, -0.05) is 6.58 Å². The lowest BCUT2D eigenvalue weighted by atomic mass is 10.4. The van der Waals surface area contributed by atoms with Gasteiger partial charge in [-0.15, -0.1) is 0 Å². The minimum Gasteiger partial charge on any atom is -0.460 e. The smallest absolute Gasteiger partial charge is 0.333 e. The van der Waals surface area contributed by atoms with Crippen LogP contribution in [-0.2, 0) is 38.0 Å². The molecule has 0 saturated heterocycles. The molecular formula is C17H32O8. The molecule has 0 amide bonds. The molecule has 0 spiro atoms. The van der Waals surface area contributed by atoms with Crippen LogP contribution in [0.5, 0.6) is 0 Å². The Morgan fingerprint density at radius 1 is 0.640 bits per heavy atom. The van der Waals surface area contributed by atoms with Crippen LogP contribution < -0.4 is 0 Å². The monoisotopic (exact) mass is 364 g/mol. The van der Waals surface area contributed by atoms with E-state index in [1.54, 1.807) is 14.0 Å². The van der Waals surface area contributed by atoms with E-state index in [9.17, 15) is 4.79 Å². The van der Waals surface area contributed by atoms with E-state index in [4.69, 9.17) is 33.2 Å². The summed E-state index contributed by atoms with van der Waals surface area (Å²) in [6.07, 6.45) is 0. The Morgan fingerprint density at radius 2 is 0.960 bits per heavy atom. The number of carbonyl (C=O) groups excluding carboxylic acids is 1. The molecule has 0 aliphatic carbocycles. The summed E-state index contributed by atoms with van der Waals surface area (Å²) in [6.45, 7) is 10.9. The summed E-state index contributed by atoms with van der Waals surface area (Å²) in [5, 5.41) is 0. The van der Waals surface area contributed by atoms with Gasteiger partial charge in [0.1, 0.15) is 6.61 Å². The molecule has 0 fully saturated rings. The summed E-state index contributed by atoms with van der Waals surface area (Å²) < 4.78 is 36.3. The Morgan fingerprint density at radius 3 is 1.28 bits per heavy atom. The van der Waals surface area contributed by atoms with Crippen LogP contribution in [0.2, 0.25) is 0 Å². The van der Waals surface area contributed by atoms with Crippen LogP contribution in [-0.4, -0.2) is 92.4 Å². The molecule has 0 rings (SSSR count). The van der Waals surface area contributed by atoms with Crippen LogP contribution in [0.3, 0.4) is 0 Å². The molecule has 0 aromatic heterocycles. The third-order valence-electron chi connectivity index (χ3n) is 2.73. The molecule has 0 aliphatic rings. The molecule has 0 aromatic carbocycles. The summed E-state index contributed by atoms with van der Waals surface area (Å²) in [5.41, 5.74) is 0.379. The fraction of sp³-hybridized carbons (Fsp3) is 0.824. The highest BCUT2D eigenvalue weighted by molar-refractivity contribution is 5.86. The van der Waals surface area contributed by atoms with Gasteiger partial charge in [0.05, 0.1) is 72.7 Å². The Balaban J connectivity index is 3.05. The number of hydrogen-bond donors (Lipinski definition) is 0. The molecular weight excluding hydrogens is 332 g/mol. The van der Waals surface area contributed by atoms with Crippen molar-refractivity contribution in [2.45, 2.75) is 6.92 Å². The van der Waals surface area contributed by atoms with Gasteiger partial charge in [0.15, 0.2) is 0 Å². The third-order valence-corrected chi connectivity index (χ3v) is 2.73. The standard InChI is InChI=1S/C17H32O8/c1-16(2)17(18)25-15-14-24-13-12-23-11-10-22-9-8-21-7-6-20-5-4-19-3/h1,4-15H2,2-3H3. The van der Waals surface area contributed by atoms with E-state index in [2.05, 4.69) is 6.58 Å². The zero-order chi connectivity index (χ0) is 18.6. The minimum absolute atomic E-state index is 0.215. The van der Waals surface area contributed by atoms with Crippen molar-refractivity contribution in [1.82, 2.24) is 0 Å². The van der Waals surface area contributed by atoms with E-state index in [1.165, 1.54) is 0 Å². The molecule has 25 heavy (non-hydrogen) atoms. The van der Waals surface area contributed by atoms with Gasteiger partial charge in [-0.2, -0.15) is 0 Å². The van der Waals surface area contributed by atoms with Crippen molar-refractivity contribution in [1.29, 1.82) is 0 Å². The number of ether oxygens (including phenoxy) is 7. The molecule has 0 unspecified atom stereocenters. The fourth-order valence-corrected chi connectivity index (χ4v) is 1.44. The Kier molecular flexibility index (Phi) is 18.5. The van der Waals surface area contributed by atoms with E-state index in [-0.39, 0.29) is 6.61 Å². The molecule has 0 bridgehead atoms. The normalized spacial score (nSPS) is 10.8. The van der Waals surface area contributed by atoms with Gasteiger partial charge in [-0.3, -0.25) is 0 Å². The summed E-state index contributed by atoms with van der Waals surface area (Å²) in [5.74, 6) is -0.403. The van der Waals surface area contributed by atoms with Crippen LogP contribution in [0.1, 0.15) is 6.92 Å². The van der Waals surface area contributed by atoms with Crippen LogP contribution >= 0.6 is 0 Å². The lowest BCUT2D eigenvalue weighted by Crippen LogP contribution is -2.15. The largest absolute Gasteiger partial charge is 0.460 e. The fourth-order valence-electron chi connectivity index (χ4n) is 1.44. The quantitative estimate of drug-likeness (QED) is 0.189. The first-order chi connectivity index (χ1) is 12.2. The van der Waals surface area contributed by atoms with Gasteiger partial charge in [-0.05, 0) is 6.92 Å². The zero-order valence-electron chi connectivity index (χ0n) is 15.5. The van der Waals surface area contributed by atoms with Crippen LogP contribution in [0.15, 0.2) is 12.2 Å². The second kappa shape index (κ2) is 19.3. The maximum absolute atomic E-state index is 11.1. The maximum atomic E-state index is 11.1. The van der Waals surface area contributed by atoms with E-state index in [1.807, 2.05) is 0 Å². The van der Waals surface area contributed by atoms with Crippen molar-refractivity contribution in [3.8, 4) is 0 Å². The second-order valence-corrected chi connectivity index (χ2v) is 4.97. The van der Waals surface area contributed by atoms with Gasteiger partial charge in [-0.25, -0.2) is 4.79 Å². The van der Waals surface area contributed by atoms with E-state index < -0.39 is 5.97 Å². The van der Waals surface area contributed by atoms with Crippen molar-refractivity contribution >= 4 is 5.97 Å². The first kappa shape index (κ1) is 24.0. The van der Waals surface area contributed by atoms with Gasteiger partial charge in [0.25, 0.3) is 0 Å². The lowest BCUT2D eigenvalue weighted by Gasteiger charge is -2.08. The molecule has 0 heterocycles. The highest BCUT2D eigenvalue weighted by Crippen LogP contribution is 1.91. The molecule has 8 heteroatoms. The molecule has 0 atom stereocenters. The lowest BCUT2D eigenvalue weighted by molar-refractivity contribution is -0.140. The van der Waals surface area contributed by atoms with Gasteiger partial charge in [0, 0.05) is 12.7 Å². The molecule has 148 valence electrons. The van der Waals surface area contributed by atoms with Gasteiger partial charge in [0.2, 0.25) is 0 Å². The third kappa shape index (κ3) is 19.1. The van der Waals surface area contributed by atoms with Gasteiger partial charge >= 0.3 is 5.97 Å². The van der Waals surface area contributed by atoms with E-state index in [0.717, 1.165) is 0 Å². The van der Waals surface area contributed by atoms with Crippen LogP contribution in [0.4, 0.5) is 0 Å². The molecule has 0 N–H and O–H groups in total. The number of methoxy groups -OCH3 is 1. The number of rotatable bonds is 19. The van der Waals surface area contributed by atoms with Crippen molar-refractivity contribution in [3.05, 3.63) is 12.2 Å². The molecule has 0 aliphatic heterocycles. The highest BCUT2D eigenvalue weighted by Gasteiger charge is 2.01. The molecule has 8 nitrogen and oxygen atoms in total. The topological polar surface area (TPSA) is 81.7 Å². The summed E-state index contributed by atoms with van der Waals surface area (Å²) in [7, 11) is 1.64. The Labute approximate surface area is 150 Å². The minimum atomic E-state index is -0.403. The predicted molar refractivity (Wildman–Crippen MR) is 91.7 cm³/mol. The first-order valence-corrected chi connectivity index (χ1v) is 8.38. The van der Waals surface area contributed by atoms with Crippen LogP contribution in [0, 0.1) is 0 Å². The van der Waals surface area contributed by atoms with Gasteiger partial charge < -0.3 is 33.2 Å². The zero-order valence-corrected chi connectivity index (χ0v) is 15.5. The van der Waals surface area contributed by atoms with Crippen molar-refractivity contribution in [2.75, 3.05) is 86.4 Å². The van der Waals surface area contributed by atoms with Crippen molar-refractivity contribution < 1.29 is 38.0 Å².